The Labute approximate surface area is 89.4 Å². The van der Waals surface area contributed by atoms with Gasteiger partial charge in [-0.15, -0.1) is 0 Å². The summed E-state index contributed by atoms with van der Waals surface area (Å²) in [7, 11) is -2.57. The van der Waals surface area contributed by atoms with Crippen molar-refractivity contribution < 1.29 is 9.00 Å². The second-order valence-corrected chi connectivity index (χ2v) is 5.80. The Kier molecular flexibility index (Phi) is 2.34. The monoisotopic (exact) mass is 226 g/mol. The molecule has 1 aromatic heterocycles. The average Bonchev–Trinajstić information content (AvgIpc) is 2.71. The third kappa shape index (κ3) is 1.38. The lowest BCUT2D eigenvalue weighted by atomic mass is 10.3. The maximum atomic E-state index is 12.3. The highest BCUT2D eigenvalue weighted by Gasteiger charge is 2.36. The van der Waals surface area contributed by atoms with Crippen molar-refractivity contribution in [3.05, 3.63) is 18.0 Å². The Morgan fingerprint density at radius 1 is 1.53 bits per heavy atom. The van der Waals surface area contributed by atoms with Crippen LogP contribution in [0.4, 0.5) is 0 Å². The molecule has 0 spiro atoms. The molecule has 4 nitrogen and oxygen atoms in total. The summed E-state index contributed by atoms with van der Waals surface area (Å²) in [5.74, 6) is 3.51. The Morgan fingerprint density at radius 2 is 2.27 bits per heavy atom. The second-order valence-electron chi connectivity index (χ2n) is 3.63. The van der Waals surface area contributed by atoms with Crippen LogP contribution in [-0.4, -0.2) is 31.8 Å². The number of rotatable bonds is 3. The van der Waals surface area contributed by atoms with Crippen molar-refractivity contribution >= 4 is 21.5 Å². The molecule has 15 heavy (non-hydrogen) atoms. The third-order valence-corrected chi connectivity index (χ3v) is 4.66. The second kappa shape index (κ2) is 3.41. The van der Waals surface area contributed by atoms with Crippen LogP contribution in [0.15, 0.2) is 17.3 Å². The molecule has 1 unspecified atom stereocenters. The zero-order valence-electron chi connectivity index (χ0n) is 8.66. The van der Waals surface area contributed by atoms with Crippen LogP contribution < -0.4 is 0 Å². The van der Waals surface area contributed by atoms with Gasteiger partial charge >= 0.3 is 0 Å². The molecule has 82 valence electrons. The first-order valence-corrected chi connectivity index (χ1v) is 6.63. The predicted octanol–water partition coefficient (Wildman–Crippen LogP) is 1.26. The average molecular weight is 226 g/mol. The van der Waals surface area contributed by atoms with Gasteiger partial charge in [0.25, 0.3) is 5.91 Å². The van der Waals surface area contributed by atoms with E-state index in [1.54, 1.807) is 12.4 Å². The molecule has 0 bridgehead atoms. The number of carbonyl (C=O) groups is 1. The van der Waals surface area contributed by atoms with E-state index in [2.05, 4.69) is 10.9 Å². The lowest BCUT2D eigenvalue weighted by molar-refractivity contribution is 0.0873. The summed E-state index contributed by atoms with van der Waals surface area (Å²) in [4.78, 5) is 15.2. The number of aromatic nitrogens is 1. The number of nitrogens with one attached hydrogen (secondary N) is 1. The number of hydrogen-bond donors (Lipinski definition) is 1. The summed E-state index contributed by atoms with van der Waals surface area (Å²) in [5.41, 5.74) is 0.506. The zero-order valence-corrected chi connectivity index (χ0v) is 9.47. The van der Waals surface area contributed by atoms with Crippen LogP contribution in [0.3, 0.4) is 0 Å². The fourth-order valence-corrected chi connectivity index (χ4v) is 3.49. The molecule has 1 aromatic rings. The number of hydrogen-bond acceptors (Lipinski definition) is 2. The lowest BCUT2D eigenvalue weighted by Gasteiger charge is -2.18. The molecule has 1 atom stereocenters. The van der Waals surface area contributed by atoms with Gasteiger partial charge in [-0.1, -0.05) is 13.3 Å². The Bertz CT molecular complexity index is 487. The van der Waals surface area contributed by atoms with Gasteiger partial charge in [0.1, 0.15) is 0 Å². The fourth-order valence-electron chi connectivity index (χ4n) is 1.72. The molecule has 2 heterocycles. The number of unbranched alkanes of at least 4 members (excludes halogenated alkanes) is 1. The first kappa shape index (κ1) is 10.3. The van der Waals surface area contributed by atoms with Crippen LogP contribution in [-0.2, 0) is 9.71 Å². The summed E-state index contributed by atoms with van der Waals surface area (Å²) in [6.07, 6.45) is 5.02. The topological polar surface area (TPSA) is 53.2 Å². The van der Waals surface area contributed by atoms with Crippen LogP contribution in [0.5, 0.6) is 0 Å². The first-order valence-electron chi connectivity index (χ1n) is 4.95. The first-order chi connectivity index (χ1) is 7.09. The van der Waals surface area contributed by atoms with E-state index >= 15 is 0 Å². The van der Waals surface area contributed by atoms with Gasteiger partial charge in [-0.3, -0.25) is 9.10 Å². The van der Waals surface area contributed by atoms with Crippen molar-refractivity contribution in [2.45, 2.75) is 24.7 Å². The quantitative estimate of drug-likeness (QED) is 0.789. The molecule has 1 N–H and O–H groups in total. The van der Waals surface area contributed by atoms with Crippen LogP contribution in [0.25, 0.3) is 0 Å². The minimum absolute atomic E-state index is 0.167. The summed E-state index contributed by atoms with van der Waals surface area (Å²) in [6, 6.07) is 0. The van der Waals surface area contributed by atoms with Gasteiger partial charge in [0.15, 0.2) is 0 Å². The maximum absolute atomic E-state index is 12.3. The summed E-state index contributed by atoms with van der Waals surface area (Å²) >= 11 is 0. The van der Waals surface area contributed by atoms with E-state index in [0.717, 1.165) is 12.8 Å². The SMILES string of the molecule is C=S1(=O)c2c[nH]cc2C(=O)N1CCCC. The van der Waals surface area contributed by atoms with Gasteiger partial charge in [0, 0.05) is 18.9 Å². The largest absolute Gasteiger partial charge is 0.366 e. The molecule has 1 aliphatic heterocycles. The van der Waals surface area contributed by atoms with Crippen molar-refractivity contribution in [2.75, 3.05) is 6.54 Å². The summed E-state index contributed by atoms with van der Waals surface area (Å²) in [6.45, 7) is 2.55. The molecule has 1 amide bonds. The molecule has 2 rings (SSSR count). The number of nitrogens with zero attached hydrogens (tertiary/aromatic N) is 1. The van der Waals surface area contributed by atoms with Crippen molar-refractivity contribution in [3.8, 4) is 0 Å². The number of amides is 1. The summed E-state index contributed by atoms with van der Waals surface area (Å²) < 4.78 is 13.7. The van der Waals surface area contributed by atoms with Crippen molar-refractivity contribution in [1.29, 1.82) is 0 Å². The molecule has 0 saturated carbocycles. The van der Waals surface area contributed by atoms with E-state index < -0.39 is 9.71 Å². The van der Waals surface area contributed by atoms with Gasteiger partial charge in [0.05, 0.1) is 20.2 Å². The number of H-pyrrole nitrogens is 1. The van der Waals surface area contributed by atoms with Crippen LogP contribution in [0.2, 0.25) is 0 Å². The minimum Gasteiger partial charge on any atom is -0.366 e. The van der Waals surface area contributed by atoms with E-state index in [1.807, 2.05) is 6.92 Å². The van der Waals surface area contributed by atoms with Gasteiger partial charge in [-0.25, -0.2) is 4.21 Å². The lowest BCUT2D eigenvalue weighted by Crippen LogP contribution is -2.31. The van der Waals surface area contributed by atoms with E-state index in [-0.39, 0.29) is 5.91 Å². The van der Waals surface area contributed by atoms with Gasteiger partial charge in [0.2, 0.25) is 0 Å². The molecule has 0 radical (unpaired) electrons. The van der Waals surface area contributed by atoms with Crippen molar-refractivity contribution in [2.24, 2.45) is 0 Å². The molecular formula is C10H14N2O2S. The Balaban J connectivity index is 2.39. The van der Waals surface area contributed by atoms with Crippen LogP contribution in [0, 0.1) is 0 Å². The molecule has 0 fully saturated rings. The molecule has 5 heteroatoms. The van der Waals surface area contributed by atoms with Crippen LogP contribution >= 0.6 is 0 Å². The zero-order chi connectivity index (χ0) is 11.1. The van der Waals surface area contributed by atoms with E-state index in [0.29, 0.717) is 17.0 Å². The minimum atomic E-state index is -2.57. The highest BCUT2D eigenvalue weighted by Crippen LogP contribution is 2.29. The standard InChI is InChI=1S/C10H14N2O2S/c1-3-4-5-12-10(13)8-6-11-7-9(8)15(12,2)14/h6-7,11H,2-5H2,1H3. The molecule has 1 aliphatic rings. The maximum Gasteiger partial charge on any atom is 0.268 e. The third-order valence-electron chi connectivity index (χ3n) is 2.58. The molecular weight excluding hydrogens is 212 g/mol. The number of fused-ring (bicyclic) bond motifs is 1. The van der Waals surface area contributed by atoms with E-state index in [1.165, 1.54) is 4.31 Å². The number of aromatic amines is 1. The van der Waals surface area contributed by atoms with Gasteiger partial charge in [-0.2, -0.15) is 0 Å². The van der Waals surface area contributed by atoms with E-state index in [4.69, 9.17) is 0 Å². The van der Waals surface area contributed by atoms with Crippen molar-refractivity contribution in [3.63, 3.8) is 0 Å². The van der Waals surface area contributed by atoms with Gasteiger partial charge < -0.3 is 4.98 Å². The highest BCUT2D eigenvalue weighted by molar-refractivity contribution is 7.99. The van der Waals surface area contributed by atoms with Gasteiger partial charge in [-0.05, 0) is 12.3 Å². The fraction of sp³-hybridized carbons (Fsp3) is 0.400. The molecule has 0 saturated heterocycles. The predicted molar refractivity (Wildman–Crippen MR) is 60.3 cm³/mol. The van der Waals surface area contributed by atoms with Crippen LogP contribution in [0.1, 0.15) is 30.1 Å². The molecule has 0 aromatic carbocycles. The normalized spacial score (nSPS) is 24.6. The van der Waals surface area contributed by atoms with E-state index in [9.17, 15) is 9.00 Å². The molecule has 0 aliphatic carbocycles. The summed E-state index contributed by atoms with van der Waals surface area (Å²) in [5, 5.41) is 0. The highest BCUT2D eigenvalue weighted by atomic mass is 32.2. The number of carbonyl (C=O) groups excluding carboxylic acids is 1. The smallest absolute Gasteiger partial charge is 0.268 e. The Morgan fingerprint density at radius 3 is 2.87 bits per heavy atom. The van der Waals surface area contributed by atoms with Crippen molar-refractivity contribution in [1.82, 2.24) is 9.29 Å². The Hall–Kier alpha value is -1.23.